The van der Waals surface area contributed by atoms with Crippen molar-refractivity contribution in [2.24, 2.45) is 5.92 Å². The molecule has 1 fully saturated rings. The summed E-state index contributed by atoms with van der Waals surface area (Å²) in [6, 6.07) is 12.6. The number of anilines is 1. The summed E-state index contributed by atoms with van der Waals surface area (Å²) in [5.74, 6) is 0.541. The van der Waals surface area contributed by atoms with Crippen LogP contribution in [-0.2, 0) is 11.2 Å². The minimum Gasteiger partial charge on any atom is -0.462 e. The van der Waals surface area contributed by atoms with E-state index in [2.05, 4.69) is 29.7 Å². The van der Waals surface area contributed by atoms with Crippen LogP contribution in [0.1, 0.15) is 66.8 Å². The van der Waals surface area contributed by atoms with Crippen LogP contribution in [0.4, 0.5) is 5.00 Å². The molecule has 2 N–H and O–H groups in total. The molecule has 0 bridgehead atoms. The average molecular weight is 431 g/mol. The summed E-state index contributed by atoms with van der Waals surface area (Å²) >= 11 is 7.12. The minimum absolute atomic E-state index is 0.309. The highest BCUT2D eigenvalue weighted by atomic mass is 32.1. The van der Waals surface area contributed by atoms with Crippen molar-refractivity contribution >= 4 is 39.6 Å². The highest BCUT2D eigenvalue weighted by molar-refractivity contribution is 7.80. The molecule has 1 saturated carbocycles. The number of esters is 1. The van der Waals surface area contributed by atoms with E-state index in [1.807, 2.05) is 31.2 Å². The molecule has 4 nitrogen and oxygen atoms in total. The van der Waals surface area contributed by atoms with E-state index in [1.54, 1.807) is 11.3 Å². The van der Waals surface area contributed by atoms with Crippen molar-refractivity contribution in [2.45, 2.75) is 58.4 Å². The number of benzene rings is 1. The number of ether oxygens (including phenoxy) is 1. The van der Waals surface area contributed by atoms with Crippen molar-refractivity contribution in [1.29, 1.82) is 0 Å². The molecular formula is C23H30N2O2S2. The summed E-state index contributed by atoms with van der Waals surface area (Å²) < 4.78 is 5.25. The van der Waals surface area contributed by atoms with E-state index in [9.17, 15) is 4.79 Å². The van der Waals surface area contributed by atoms with Gasteiger partial charge in [0.25, 0.3) is 0 Å². The summed E-state index contributed by atoms with van der Waals surface area (Å²) in [5.41, 5.74) is 1.77. The average Bonchev–Trinajstić information content (AvgIpc) is 3.11. The number of thiocarbonyl (C=S) groups is 1. The van der Waals surface area contributed by atoms with Crippen LogP contribution < -0.4 is 10.6 Å². The summed E-state index contributed by atoms with van der Waals surface area (Å²) in [6.07, 6.45) is 6.85. The van der Waals surface area contributed by atoms with Crippen molar-refractivity contribution in [3.05, 3.63) is 52.4 Å². The Balaban J connectivity index is 1.67. The summed E-state index contributed by atoms with van der Waals surface area (Å²) in [7, 11) is 0. The second kappa shape index (κ2) is 10.7. The van der Waals surface area contributed by atoms with E-state index in [-0.39, 0.29) is 5.97 Å². The third kappa shape index (κ3) is 6.28. The largest absolute Gasteiger partial charge is 0.462 e. The Bertz CT molecular complexity index is 812. The van der Waals surface area contributed by atoms with Crippen LogP contribution in [0.2, 0.25) is 0 Å². The molecule has 0 amide bonds. The molecule has 0 spiro atoms. The molecule has 6 heteroatoms. The molecule has 1 heterocycles. The van der Waals surface area contributed by atoms with Crippen molar-refractivity contribution in [2.75, 3.05) is 11.9 Å². The molecule has 3 rings (SSSR count). The van der Waals surface area contributed by atoms with Gasteiger partial charge < -0.3 is 15.4 Å². The SMILES string of the molecule is CCOC(=O)c1cc(Cc2ccccc2)sc1NC(=S)NC1CCC(CC)CC1. The fourth-order valence-corrected chi connectivity index (χ4v) is 5.24. The van der Waals surface area contributed by atoms with Crippen LogP contribution in [0, 0.1) is 5.92 Å². The van der Waals surface area contributed by atoms with Gasteiger partial charge >= 0.3 is 5.97 Å². The van der Waals surface area contributed by atoms with Crippen molar-refractivity contribution < 1.29 is 9.53 Å². The lowest BCUT2D eigenvalue weighted by Crippen LogP contribution is -2.40. The van der Waals surface area contributed by atoms with E-state index in [0.717, 1.165) is 35.1 Å². The van der Waals surface area contributed by atoms with Crippen LogP contribution in [0.15, 0.2) is 36.4 Å². The van der Waals surface area contributed by atoms with Crippen LogP contribution in [0.3, 0.4) is 0 Å². The quantitative estimate of drug-likeness (QED) is 0.431. The molecule has 1 aliphatic rings. The molecule has 156 valence electrons. The van der Waals surface area contributed by atoms with Gasteiger partial charge in [-0.15, -0.1) is 11.3 Å². The first-order chi connectivity index (χ1) is 14.1. The maximum atomic E-state index is 12.5. The Hall–Kier alpha value is -1.92. The van der Waals surface area contributed by atoms with Gasteiger partial charge in [-0.2, -0.15) is 0 Å². The van der Waals surface area contributed by atoms with Gasteiger partial charge in [-0.3, -0.25) is 0 Å². The first-order valence-corrected chi connectivity index (χ1v) is 11.7. The second-order valence-corrected chi connectivity index (χ2v) is 9.11. The van der Waals surface area contributed by atoms with Gasteiger partial charge in [-0.25, -0.2) is 4.79 Å². The first kappa shape index (κ1) is 21.8. The number of thiophene rings is 1. The molecular weight excluding hydrogens is 400 g/mol. The highest BCUT2D eigenvalue weighted by Gasteiger charge is 2.22. The monoisotopic (exact) mass is 430 g/mol. The lowest BCUT2D eigenvalue weighted by molar-refractivity contribution is 0.0528. The molecule has 29 heavy (non-hydrogen) atoms. The third-order valence-corrected chi connectivity index (χ3v) is 6.76. The van der Waals surface area contributed by atoms with Gasteiger partial charge in [0.15, 0.2) is 5.11 Å². The normalized spacial score (nSPS) is 18.8. The molecule has 2 aromatic rings. The number of carbonyl (C=O) groups is 1. The molecule has 0 atom stereocenters. The van der Waals surface area contributed by atoms with Crippen molar-refractivity contribution in [1.82, 2.24) is 5.32 Å². The molecule has 0 radical (unpaired) electrons. The Labute approximate surface area is 183 Å². The van der Waals surface area contributed by atoms with E-state index in [4.69, 9.17) is 17.0 Å². The fraction of sp³-hybridized carbons (Fsp3) is 0.478. The zero-order valence-corrected chi connectivity index (χ0v) is 18.8. The van der Waals surface area contributed by atoms with Gasteiger partial charge in [0.2, 0.25) is 0 Å². The number of hydrogen-bond donors (Lipinski definition) is 2. The Morgan fingerprint density at radius 1 is 1.17 bits per heavy atom. The Morgan fingerprint density at radius 3 is 2.55 bits per heavy atom. The van der Waals surface area contributed by atoms with E-state index < -0.39 is 0 Å². The van der Waals surface area contributed by atoms with Crippen LogP contribution in [0.5, 0.6) is 0 Å². The Kier molecular flexibility index (Phi) is 8.07. The summed E-state index contributed by atoms with van der Waals surface area (Å²) in [5, 5.41) is 8.06. The van der Waals surface area contributed by atoms with Gasteiger partial charge in [-0.05, 0) is 62.4 Å². The van der Waals surface area contributed by atoms with E-state index in [1.165, 1.54) is 24.8 Å². The van der Waals surface area contributed by atoms with Gasteiger partial charge in [-0.1, -0.05) is 43.7 Å². The molecule has 1 aliphatic carbocycles. The molecule has 0 unspecified atom stereocenters. The number of hydrogen-bond acceptors (Lipinski definition) is 4. The smallest absolute Gasteiger partial charge is 0.341 e. The second-order valence-electron chi connectivity index (χ2n) is 7.56. The number of rotatable bonds is 7. The number of carbonyl (C=O) groups excluding carboxylic acids is 1. The van der Waals surface area contributed by atoms with Gasteiger partial charge in [0, 0.05) is 17.3 Å². The van der Waals surface area contributed by atoms with E-state index >= 15 is 0 Å². The lowest BCUT2D eigenvalue weighted by atomic mass is 9.85. The van der Waals surface area contributed by atoms with Crippen molar-refractivity contribution in [3.8, 4) is 0 Å². The van der Waals surface area contributed by atoms with E-state index in [0.29, 0.717) is 23.3 Å². The van der Waals surface area contributed by atoms with Crippen LogP contribution >= 0.6 is 23.6 Å². The minimum atomic E-state index is -0.309. The lowest BCUT2D eigenvalue weighted by Gasteiger charge is -2.29. The van der Waals surface area contributed by atoms with Crippen molar-refractivity contribution in [3.63, 3.8) is 0 Å². The number of nitrogens with one attached hydrogen (secondary N) is 2. The van der Waals surface area contributed by atoms with Gasteiger partial charge in [0.1, 0.15) is 5.00 Å². The molecule has 1 aromatic carbocycles. The maximum absolute atomic E-state index is 12.5. The first-order valence-electron chi connectivity index (χ1n) is 10.5. The topological polar surface area (TPSA) is 50.4 Å². The van der Waals surface area contributed by atoms with Crippen LogP contribution in [-0.4, -0.2) is 23.7 Å². The summed E-state index contributed by atoms with van der Waals surface area (Å²) in [4.78, 5) is 13.6. The summed E-state index contributed by atoms with van der Waals surface area (Å²) in [6.45, 7) is 4.44. The van der Waals surface area contributed by atoms with Gasteiger partial charge in [0.05, 0.1) is 12.2 Å². The molecule has 1 aromatic heterocycles. The molecule has 0 aliphatic heterocycles. The predicted molar refractivity (Wildman–Crippen MR) is 125 cm³/mol. The van der Waals surface area contributed by atoms with Crippen LogP contribution in [0.25, 0.3) is 0 Å². The fourth-order valence-electron chi connectivity index (χ4n) is 3.82. The zero-order chi connectivity index (χ0) is 20.6. The standard InChI is InChI=1S/C23H30N2O2S2/c1-3-16-10-12-18(13-11-16)24-23(28)25-21-20(22(26)27-4-2)15-19(29-21)14-17-8-6-5-7-9-17/h5-9,15-16,18H,3-4,10-14H2,1-2H3,(H2,24,25,28). The predicted octanol–water partition coefficient (Wildman–Crippen LogP) is 5.77. The highest BCUT2D eigenvalue weighted by Crippen LogP contribution is 2.31. The molecule has 0 saturated heterocycles. The maximum Gasteiger partial charge on any atom is 0.341 e. The zero-order valence-electron chi connectivity index (χ0n) is 17.2. The third-order valence-electron chi connectivity index (χ3n) is 5.49. The Morgan fingerprint density at radius 2 is 1.90 bits per heavy atom.